The van der Waals surface area contributed by atoms with Gasteiger partial charge in [-0.3, -0.25) is 0 Å². The summed E-state index contributed by atoms with van der Waals surface area (Å²) in [6, 6.07) is 10.6. The minimum Gasteiger partial charge on any atom is -0.444 e. The van der Waals surface area contributed by atoms with Crippen molar-refractivity contribution in [3.8, 4) is 0 Å². The van der Waals surface area contributed by atoms with Crippen molar-refractivity contribution in [2.24, 2.45) is 0 Å². The lowest BCUT2D eigenvalue weighted by Gasteiger charge is -2.30. The van der Waals surface area contributed by atoms with E-state index in [4.69, 9.17) is 13.9 Å². The first kappa shape index (κ1) is 28.4. The summed E-state index contributed by atoms with van der Waals surface area (Å²) < 4.78 is 17.6. The molecule has 3 aliphatic carbocycles. The van der Waals surface area contributed by atoms with Gasteiger partial charge < -0.3 is 24.1 Å². The smallest absolute Gasteiger partial charge is 0.410 e. The lowest BCUT2D eigenvalue weighted by Crippen LogP contribution is -2.43. The number of hydrogen-bond donors (Lipinski definition) is 1. The normalized spacial score (nSPS) is 25.6. The van der Waals surface area contributed by atoms with Gasteiger partial charge in [0, 0.05) is 30.5 Å². The molecule has 0 saturated heterocycles. The number of carbonyl (C=O) groups excluding carboxylic acids is 2. The van der Waals surface area contributed by atoms with Crippen LogP contribution < -0.4 is 5.32 Å². The number of aromatic nitrogens is 2. The van der Waals surface area contributed by atoms with Gasteiger partial charge in [0.05, 0.1) is 5.41 Å². The molecule has 5 rings (SSSR count). The average Bonchev–Trinajstić information content (AvgIpc) is 3.78. The van der Waals surface area contributed by atoms with Gasteiger partial charge in [0.15, 0.2) is 0 Å². The van der Waals surface area contributed by atoms with Crippen LogP contribution in [0.15, 0.2) is 34.7 Å². The molecule has 2 atom stereocenters. The molecule has 0 spiro atoms. The number of nitrogens with zero attached hydrogens (tertiary/aromatic N) is 3. The molecule has 9 nitrogen and oxygen atoms in total. The fraction of sp³-hybridized carbons (Fsp3) is 0.677. The van der Waals surface area contributed by atoms with Crippen LogP contribution in [-0.4, -0.2) is 57.1 Å². The third-order valence-electron chi connectivity index (χ3n) is 8.03. The molecular formula is C31H44N4O5. The number of nitrogens with one attached hydrogen (secondary N) is 1. The highest BCUT2D eigenvalue weighted by atomic mass is 16.6. The predicted molar refractivity (Wildman–Crippen MR) is 150 cm³/mol. The van der Waals surface area contributed by atoms with Crippen LogP contribution in [0, 0.1) is 0 Å². The second-order valence-electron chi connectivity index (χ2n) is 13.8. The maximum absolute atomic E-state index is 13.4. The van der Waals surface area contributed by atoms with Crippen molar-refractivity contribution in [2.75, 3.05) is 6.54 Å². The predicted octanol–water partition coefficient (Wildman–Crippen LogP) is 6.45. The molecular weight excluding hydrogens is 508 g/mol. The molecule has 3 fully saturated rings. The minimum atomic E-state index is -0.571. The largest absolute Gasteiger partial charge is 0.444 e. The first-order valence-corrected chi connectivity index (χ1v) is 14.7. The topological polar surface area (TPSA) is 107 Å². The van der Waals surface area contributed by atoms with Crippen molar-refractivity contribution in [2.45, 2.75) is 127 Å². The molecule has 40 heavy (non-hydrogen) atoms. The Balaban J connectivity index is 1.22. The van der Waals surface area contributed by atoms with Gasteiger partial charge in [-0.2, -0.15) is 0 Å². The van der Waals surface area contributed by atoms with Gasteiger partial charge in [0.1, 0.15) is 11.2 Å². The summed E-state index contributed by atoms with van der Waals surface area (Å²) in [5.74, 6) is 1.77. The number of benzene rings is 1. The molecule has 0 unspecified atom stereocenters. The second kappa shape index (κ2) is 10.7. The molecule has 1 heterocycles. The molecule has 218 valence electrons. The summed E-state index contributed by atoms with van der Waals surface area (Å²) in [6.07, 6.45) is 5.48. The van der Waals surface area contributed by atoms with Crippen LogP contribution in [0.2, 0.25) is 0 Å². The van der Waals surface area contributed by atoms with Crippen molar-refractivity contribution in [3.05, 3.63) is 47.7 Å². The molecule has 3 aliphatic rings. The van der Waals surface area contributed by atoms with E-state index >= 15 is 0 Å². The van der Waals surface area contributed by atoms with E-state index in [1.807, 2.05) is 64.6 Å². The van der Waals surface area contributed by atoms with Gasteiger partial charge in [0.25, 0.3) is 0 Å². The lowest BCUT2D eigenvalue weighted by atomic mass is 9.86. The molecule has 1 N–H and O–H groups in total. The zero-order chi connectivity index (χ0) is 28.7. The molecule has 0 radical (unpaired) electrons. The maximum Gasteiger partial charge on any atom is 0.410 e. The number of amides is 2. The van der Waals surface area contributed by atoms with Gasteiger partial charge >= 0.3 is 12.2 Å². The number of rotatable bonds is 7. The lowest BCUT2D eigenvalue weighted by molar-refractivity contribution is 0.0204. The fourth-order valence-corrected chi connectivity index (χ4v) is 5.71. The van der Waals surface area contributed by atoms with Crippen molar-refractivity contribution >= 4 is 12.2 Å². The first-order valence-electron chi connectivity index (χ1n) is 14.7. The third-order valence-corrected chi connectivity index (χ3v) is 8.03. The average molecular weight is 553 g/mol. The zero-order valence-electron chi connectivity index (χ0n) is 24.7. The van der Waals surface area contributed by atoms with Crippen LogP contribution in [0.25, 0.3) is 0 Å². The van der Waals surface area contributed by atoms with Crippen LogP contribution in [0.1, 0.15) is 116 Å². The van der Waals surface area contributed by atoms with Crippen molar-refractivity contribution in [3.63, 3.8) is 0 Å². The van der Waals surface area contributed by atoms with Gasteiger partial charge in [-0.05, 0) is 92.1 Å². The van der Waals surface area contributed by atoms with E-state index in [0.717, 1.165) is 44.9 Å². The summed E-state index contributed by atoms with van der Waals surface area (Å²) in [6.45, 7) is 11.8. The zero-order valence-corrected chi connectivity index (χ0v) is 24.7. The van der Waals surface area contributed by atoms with Crippen LogP contribution >= 0.6 is 0 Å². The van der Waals surface area contributed by atoms with E-state index < -0.39 is 11.2 Å². The van der Waals surface area contributed by atoms with Crippen molar-refractivity contribution in [1.29, 1.82) is 0 Å². The summed E-state index contributed by atoms with van der Waals surface area (Å²) >= 11 is 0. The Bertz CT molecular complexity index is 1190. The molecule has 2 aromatic rings. The van der Waals surface area contributed by atoms with Crippen molar-refractivity contribution in [1.82, 2.24) is 20.4 Å². The van der Waals surface area contributed by atoms with E-state index in [0.29, 0.717) is 24.2 Å². The SMILES string of the molecule is CC(C)(C)OC(=O)NC1CCC(c2nnc(C3(CN(C(=O)OC(C)(C)C)[C@@H]4C[C@H]4c4ccccc4)CC3)o2)CC1. The van der Waals surface area contributed by atoms with Crippen molar-refractivity contribution < 1.29 is 23.5 Å². The summed E-state index contributed by atoms with van der Waals surface area (Å²) in [4.78, 5) is 27.5. The number of hydrogen-bond acceptors (Lipinski definition) is 7. The molecule has 0 bridgehead atoms. The summed E-state index contributed by atoms with van der Waals surface area (Å²) in [7, 11) is 0. The highest BCUT2D eigenvalue weighted by molar-refractivity contribution is 5.70. The molecule has 1 aromatic carbocycles. The van der Waals surface area contributed by atoms with E-state index in [1.54, 1.807) is 0 Å². The Kier molecular flexibility index (Phi) is 7.61. The minimum absolute atomic E-state index is 0.0850. The molecule has 9 heteroatoms. The Morgan fingerprint density at radius 1 is 0.975 bits per heavy atom. The van der Waals surface area contributed by atoms with E-state index in [1.165, 1.54) is 5.56 Å². The monoisotopic (exact) mass is 552 g/mol. The molecule has 3 saturated carbocycles. The van der Waals surface area contributed by atoms with Gasteiger partial charge in [-0.1, -0.05) is 30.3 Å². The van der Waals surface area contributed by atoms with E-state index in [-0.39, 0.29) is 35.6 Å². The maximum atomic E-state index is 13.4. The van der Waals surface area contributed by atoms with Crippen LogP contribution in [0.4, 0.5) is 9.59 Å². The van der Waals surface area contributed by atoms with E-state index in [2.05, 4.69) is 27.6 Å². The molecule has 1 aromatic heterocycles. The van der Waals surface area contributed by atoms with Gasteiger partial charge in [-0.15, -0.1) is 10.2 Å². The summed E-state index contributed by atoms with van der Waals surface area (Å²) in [5, 5.41) is 11.9. The van der Waals surface area contributed by atoms with E-state index in [9.17, 15) is 9.59 Å². The Hall–Kier alpha value is -3.10. The number of alkyl carbamates (subject to hydrolysis) is 1. The third kappa shape index (κ3) is 6.96. The quantitative estimate of drug-likeness (QED) is 0.421. The molecule has 0 aliphatic heterocycles. The van der Waals surface area contributed by atoms with Crippen LogP contribution in [0.5, 0.6) is 0 Å². The second-order valence-corrected chi connectivity index (χ2v) is 13.8. The van der Waals surface area contributed by atoms with Crippen LogP contribution in [0.3, 0.4) is 0 Å². The Morgan fingerprint density at radius 2 is 1.62 bits per heavy atom. The number of ether oxygens (including phenoxy) is 2. The first-order chi connectivity index (χ1) is 18.8. The Morgan fingerprint density at radius 3 is 2.23 bits per heavy atom. The van der Waals surface area contributed by atoms with Gasteiger partial charge in [0.2, 0.25) is 11.8 Å². The van der Waals surface area contributed by atoms with Gasteiger partial charge in [-0.25, -0.2) is 9.59 Å². The van der Waals surface area contributed by atoms with Crippen LogP contribution in [-0.2, 0) is 14.9 Å². The fourth-order valence-electron chi connectivity index (χ4n) is 5.71. The number of carbonyl (C=O) groups is 2. The standard InChI is InChI=1S/C31H44N4O5/c1-29(2,3)39-27(36)32-22-14-12-21(13-15-22)25-33-34-26(38-25)31(16-17-31)19-35(28(37)40-30(4,5)6)24-18-23(24)20-10-8-7-9-11-20/h7-11,21-24H,12-19H2,1-6H3,(H,32,36)/t21?,22?,23-,24+/m0/s1. The summed E-state index contributed by atoms with van der Waals surface area (Å²) in [5.41, 5.74) is -0.150. The molecule has 2 amide bonds. The highest BCUT2D eigenvalue weighted by Gasteiger charge is 2.55. The highest BCUT2D eigenvalue weighted by Crippen LogP contribution is 2.52. The Labute approximate surface area is 237 Å².